The zero-order chi connectivity index (χ0) is 15.8. The second-order valence-electron chi connectivity index (χ2n) is 5.95. The van der Waals surface area contributed by atoms with Gasteiger partial charge in [0.1, 0.15) is 0 Å². The first kappa shape index (κ1) is 15.1. The van der Waals surface area contributed by atoms with E-state index in [1.165, 1.54) is 30.9 Å². The van der Waals surface area contributed by atoms with Crippen molar-refractivity contribution < 1.29 is 9.21 Å². The Kier molecular flexibility index (Phi) is 4.05. The van der Waals surface area contributed by atoms with Crippen LogP contribution in [0.2, 0.25) is 5.22 Å². The van der Waals surface area contributed by atoms with E-state index in [-0.39, 0.29) is 11.1 Å². The number of oxazole rings is 1. The molecular weight excluding hydrogens is 334 g/mol. The molecule has 3 heterocycles. The number of rotatable bonds is 4. The number of piperidine rings is 1. The number of benzene rings is 1. The molecule has 1 N–H and O–H groups in total. The van der Waals surface area contributed by atoms with Gasteiger partial charge in [-0.1, -0.05) is 0 Å². The zero-order valence-electron chi connectivity index (χ0n) is 12.4. The summed E-state index contributed by atoms with van der Waals surface area (Å²) < 4.78 is 5.22. The Balaban J connectivity index is 1.38. The molecule has 1 amide bonds. The monoisotopic (exact) mass is 349 g/mol. The lowest BCUT2D eigenvalue weighted by molar-refractivity contribution is 0.0924. The van der Waals surface area contributed by atoms with Gasteiger partial charge in [0, 0.05) is 29.6 Å². The molecule has 0 radical (unpaired) electrons. The van der Waals surface area contributed by atoms with Crippen molar-refractivity contribution in [1.82, 2.24) is 15.2 Å². The van der Waals surface area contributed by atoms with E-state index in [2.05, 4.69) is 15.2 Å². The summed E-state index contributed by atoms with van der Waals surface area (Å²) in [5.41, 5.74) is 0.678. The number of carbonyl (C=O) groups excluding carboxylic acids is 1. The van der Waals surface area contributed by atoms with E-state index in [0.717, 1.165) is 18.0 Å². The normalized spacial score (nSPS) is 25.7. The van der Waals surface area contributed by atoms with Crippen LogP contribution in [-0.4, -0.2) is 41.5 Å². The molecule has 3 atom stereocenters. The molecule has 0 saturated carbocycles. The third-order valence-electron chi connectivity index (χ3n) is 4.43. The first-order valence-corrected chi connectivity index (χ1v) is 8.79. The topological polar surface area (TPSA) is 58.4 Å². The minimum absolute atomic E-state index is 0.000493. The molecule has 2 aliphatic rings. The minimum Gasteiger partial charge on any atom is -0.419 e. The van der Waals surface area contributed by atoms with Crippen molar-refractivity contribution in [2.24, 2.45) is 5.92 Å². The molecule has 2 saturated heterocycles. The van der Waals surface area contributed by atoms with Crippen LogP contribution < -0.4 is 5.32 Å². The molecule has 1 aromatic carbocycles. The van der Waals surface area contributed by atoms with Gasteiger partial charge in [0.25, 0.3) is 11.1 Å². The average Bonchev–Trinajstić information content (AvgIpc) is 3.25. The number of nitrogens with zero attached hydrogens (tertiary/aromatic N) is 2. The molecular formula is C16H16ClN3O2S. The fourth-order valence-electron chi connectivity index (χ4n) is 3.26. The van der Waals surface area contributed by atoms with E-state index in [4.69, 9.17) is 16.0 Å². The predicted octanol–water partition coefficient (Wildman–Crippen LogP) is 2.91. The van der Waals surface area contributed by atoms with Crippen LogP contribution in [0.4, 0.5) is 0 Å². The molecule has 1 aromatic heterocycles. The molecule has 2 aliphatic heterocycles. The van der Waals surface area contributed by atoms with E-state index >= 15 is 0 Å². The van der Waals surface area contributed by atoms with Crippen molar-refractivity contribution in [2.75, 3.05) is 19.6 Å². The van der Waals surface area contributed by atoms with Crippen molar-refractivity contribution in [3.8, 4) is 0 Å². The van der Waals surface area contributed by atoms with E-state index in [0.29, 0.717) is 22.7 Å². The average molecular weight is 350 g/mol. The van der Waals surface area contributed by atoms with E-state index in [1.54, 1.807) is 0 Å². The Hall–Kier alpha value is -1.50. The van der Waals surface area contributed by atoms with Crippen LogP contribution >= 0.6 is 23.4 Å². The molecule has 5 nitrogen and oxygen atoms in total. The highest BCUT2D eigenvalue weighted by molar-refractivity contribution is 7.99. The zero-order valence-corrected chi connectivity index (χ0v) is 13.9. The van der Waals surface area contributed by atoms with Crippen LogP contribution in [0.25, 0.3) is 0 Å². The maximum atomic E-state index is 12.4. The summed E-state index contributed by atoms with van der Waals surface area (Å²) >= 11 is 7.07. The Bertz CT molecular complexity index is 718. The fourth-order valence-corrected chi connectivity index (χ4v) is 4.14. The largest absolute Gasteiger partial charge is 0.419 e. The molecule has 3 unspecified atom stereocenters. The quantitative estimate of drug-likeness (QED) is 0.919. The standard InChI is InChI=1S/C16H16ClN3O2S/c17-14-7-18-16(22-14)23-12-3-1-10(2-4-12)15(21)19-13-9-20-6-5-11(13)8-20/h1-4,7,11,13H,5-6,8-9H2,(H,19,21). The Morgan fingerprint density at radius 3 is 2.78 bits per heavy atom. The van der Waals surface area contributed by atoms with E-state index < -0.39 is 0 Å². The van der Waals surface area contributed by atoms with Gasteiger partial charge < -0.3 is 14.6 Å². The van der Waals surface area contributed by atoms with Gasteiger partial charge in [-0.3, -0.25) is 4.79 Å². The van der Waals surface area contributed by atoms with Crippen LogP contribution in [0.3, 0.4) is 0 Å². The van der Waals surface area contributed by atoms with Gasteiger partial charge in [-0.15, -0.1) is 0 Å². The maximum absolute atomic E-state index is 12.4. The van der Waals surface area contributed by atoms with Crippen molar-refractivity contribution in [1.29, 1.82) is 0 Å². The van der Waals surface area contributed by atoms with Crippen molar-refractivity contribution in [2.45, 2.75) is 22.6 Å². The number of nitrogens with one attached hydrogen (secondary N) is 1. The smallest absolute Gasteiger partial charge is 0.261 e. The van der Waals surface area contributed by atoms with Gasteiger partial charge in [-0.05, 0) is 66.5 Å². The van der Waals surface area contributed by atoms with Gasteiger partial charge in [0.15, 0.2) is 0 Å². The first-order chi connectivity index (χ1) is 11.2. The molecule has 4 rings (SSSR count). The van der Waals surface area contributed by atoms with Crippen molar-refractivity contribution >= 4 is 29.3 Å². The molecule has 23 heavy (non-hydrogen) atoms. The predicted molar refractivity (Wildman–Crippen MR) is 87.9 cm³/mol. The SMILES string of the molecule is O=C(NC1CN2CCC1C2)c1ccc(Sc2ncc(Cl)o2)cc1. The van der Waals surface area contributed by atoms with Gasteiger partial charge in [0.05, 0.1) is 6.20 Å². The second kappa shape index (κ2) is 6.19. The van der Waals surface area contributed by atoms with Crippen LogP contribution in [0.5, 0.6) is 0 Å². The van der Waals surface area contributed by atoms with Gasteiger partial charge >= 0.3 is 0 Å². The number of amides is 1. The Labute approximate surface area is 143 Å². The highest BCUT2D eigenvalue weighted by Gasteiger charge is 2.38. The highest BCUT2D eigenvalue weighted by Crippen LogP contribution is 2.29. The summed E-state index contributed by atoms with van der Waals surface area (Å²) in [6.07, 6.45) is 2.66. The third kappa shape index (κ3) is 3.24. The second-order valence-corrected chi connectivity index (χ2v) is 7.34. The van der Waals surface area contributed by atoms with Gasteiger partial charge in [-0.2, -0.15) is 0 Å². The number of hydrogen-bond acceptors (Lipinski definition) is 5. The highest BCUT2D eigenvalue weighted by atomic mass is 35.5. The maximum Gasteiger partial charge on any atom is 0.261 e. The number of hydrogen-bond donors (Lipinski definition) is 1. The minimum atomic E-state index is -0.000493. The lowest BCUT2D eigenvalue weighted by Crippen LogP contribution is -2.43. The molecule has 120 valence electrons. The molecule has 7 heteroatoms. The van der Waals surface area contributed by atoms with Gasteiger partial charge in [0.2, 0.25) is 5.22 Å². The lowest BCUT2D eigenvalue weighted by atomic mass is 9.99. The Morgan fingerprint density at radius 2 is 2.17 bits per heavy atom. The van der Waals surface area contributed by atoms with Crippen LogP contribution in [0, 0.1) is 5.92 Å². The summed E-state index contributed by atoms with van der Waals surface area (Å²) in [5.74, 6) is 0.614. The number of aromatic nitrogens is 1. The lowest BCUT2D eigenvalue weighted by Gasteiger charge is -2.23. The van der Waals surface area contributed by atoms with Crippen molar-refractivity contribution in [3.05, 3.63) is 41.2 Å². The number of halogens is 1. The molecule has 0 aliphatic carbocycles. The molecule has 2 aromatic rings. The van der Waals surface area contributed by atoms with E-state index in [1.807, 2.05) is 24.3 Å². The molecule has 2 fully saturated rings. The first-order valence-electron chi connectivity index (χ1n) is 7.60. The Morgan fingerprint density at radius 1 is 1.35 bits per heavy atom. The summed E-state index contributed by atoms with van der Waals surface area (Å²) in [6, 6.07) is 7.73. The number of fused-ring (bicyclic) bond motifs is 2. The summed E-state index contributed by atoms with van der Waals surface area (Å²) in [5, 5.41) is 3.92. The third-order valence-corrected chi connectivity index (χ3v) is 5.47. The van der Waals surface area contributed by atoms with E-state index in [9.17, 15) is 4.79 Å². The molecule has 0 spiro atoms. The van der Waals surface area contributed by atoms with Crippen LogP contribution in [-0.2, 0) is 0 Å². The summed E-state index contributed by atoms with van der Waals surface area (Å²) in [6.45, 7) is 3.28. The van der Waals surface area contributed by atoms with Crippen molar-refractivity contribution in [3.63, 3.8) is 0 Å². The van der Waals surface area contributed by atoms with Crippen LogP contribution in [0.15, 0.2) is 45.0 Å². The van der Waals surface area contributed by atoms with Gasteiger partial charge in [-0.25, -0.2) is 4.98 Å². The van der Waals surface area contributed by atoms with Crippen LogP contribution in [0.1, 0.15) is 16.8 Å². The summed E-state index contributed by atoms with van der Waals surface area (Å²) in [4.78, 5) is 19.8. The number of carbonyl (C=O) groups is 1. The molecule has 2 bridgehead atoms. The fraction of sp³-hybridized carbons (Fsp3) is 0.375. The summed E-state index contributed by atoms with van der Waals surface area (Å²) in [7, 11) is 0.